The van der Waals surface area contributed by atoms with Gasteiger partial charge in [0.25, 0.3) is 0 Å². The molecule has 1 aromatic rings. The lowest BCUT2D eigenvalue weighted by atomic mass is 9.99. The number of ether oxygens (including phenoxy) is 2. The van der Waals surface area contributed by atoms with Crippen LogP contribution >= 0.6 is 12.2 Å². The number of hydrogen-bond donors (Lipinski definition) is 4. The van der Waals surface area contributed by atoms with Crippen LogP contribution < -0.4 is 4.74 Å². The molecule has 0 amide bonds. The van der Waals surface area contributed by atoms with E-state index in [1.165, 1.54) is 0 Å². The zero-order valence-electron chi connectivity index (χ0n) is 10.9. The van der Waals surface area contributed by atoms with E-state index in [1.54, 1.807) is 24.3 Å². The van der Waals surface area contributed by atoms with E-state index in [0.29, 0.717) is 11.4 Å². The summed E-state index contributed by atoms with van der Waals surface area (Å²) >= 11 is 4.49. The SMILES string of the molecule is OC[C@H]1OC(Oc2ccc(N=C=S)cc2)[C@@H](O)[C@@H](O)[C@@H]1O. The Morgan fingerprint density at radius 1 is 1.14 bits per heavy atom. The number of aliphatic imine (C=N–C) groups is 1. The Morgan fingerprint density at radius 3 is 2.38 bits per heavy atom. The van der Waals surface area contributed by atoms with Crippen molar-refractivity contribution in [3.8, 4) is 5.75 Å². The van der Waals surface area contributed by atoms with Crippen LogP contribution in [-0.2, 0) is 4.74 Å². The van der Waals surface area contributed by atoms with Gasteiger partial charge in [-0.15, -0.1) is 0 Å². The fourth-order valence-electron chi connectivity index (χ4n) is 1.95. The van der Waals surface area contributed by atoms with Crippen molar-refractivity contribution in [1.29, 1.82) is 0 Å². The summed E-state index contributed by atoms with van der Waals surface area (Å²) in [6, 6.07) is 6.40. The highest BCUT2D eigenvalue weighted by Crippen LogP contribution is 2.25. The maximum atomic E-state index is 9.84. The Labute approximate surface area is 126 Å². The molecule has 1 heterocycles. The zero-order valence-corrected chi connectivity index (χ0v) is 11.7. The third kappa shape index (κ3) is 3.63. The van der Waals surface area contributed by atoms with E-state index >= 15 is 0 Å². The molecule has 1 aliphatic heterocycles. The minimum atomic E-state index is -1.47. The molecule has 0 spiro atoms. The quantitative estimate of drug-likeness (QED) is 0.442. The van der Waals surface area contributed by atoms with Gasteiger partial charge in [-0.3, -0.25) is 0 Å². The molecular formula is C13H15NO6S. The van der Waals surface area contributed by atoms with Crippen molar-refractivity contribution in [1.82, 2.24) is 0 Å². The summed E-state index contributed by atoms with van der Waals surface area (Å²) in [5.74, 6) is 0.364. The molecule has 0 radical (unpaired) electrons. The molecular weight excluding hydrogens is 298 g/mol. The number of nitrogens with zero attached hydrogens (tertiary/aromatic N) is 1. The molecule has 2 rings (SSSR count). The van der Waals surface area contributed by atoms with E-state index in [2.05, 4.69) is 22.4 Å². The van der Waals surface area contributed by atoms with E-state index in [4.69, 9.17) is 14.6 Å². The van der Waals surface area contributed by atoms with E-state index in [1.807, 2.05) is 0 Å². The highest BCUT2D eigenvalue weighted by atomic mass is 32.1. The van der Waals surface area contributed by atoms with Crippen LogP contribution in [0.25, 0.3) is 0 Å². The molecule has 7 nitrogen and oxygen atoms in total. The van der Waals surface area contributed by atoms with Crippen molar-refractivity contribution in [2.75, 3.05) is 6.61 Å². The second kappa shape index (κ2) is 7.06. The van der Waals surface area contributed by atoms with Gasteiger partial charge < -0.3 is 29.9 Å². The zero-order chi connectivity index (χ0) is 15.4. The molecule has 114 valence electrons. The minimum Gasteiger partial charge on any atom is -0.462 e. The van der Waals surface area contributed by atoms with Crippen LogP contribution in [0.1, 0.15) is 0 Å². The van der Waals surface area contributed by atoms with Crippen LogP contribution in [0.15, 0.2) is 29.3 Å². The first-order chi connectivity index (χ1) is 10.1. The van der Waals surface area contributed by atoms with Gasteiger partial charge in [-0.1, -0.05) is 0 Å². The van der Waals surface area contributed by atoms with Gasteiger partial charge in [0.2, 0.25) is 6.29 Å². The van der Waals surface area contributed by atoms with Crippen LogP contribution in [0.3, 0.4) is 0 Å². The van der Waals surface area contributed by atoms with Crippen LogP contribution in [0.4, 0.5) is 5.69 Å². The number of aliphatic hydroxyl groups is 4. The second-order valence-corrected chi connectivity index (χ2v) is 4.69. The van der Waals surface area contributed by atoms with Crippen molar-refractivity contribution < 1.29 is 29.9 Å². The van der Waals surface area contributed by atoms with Crippen LogP contribution in [0, 0.1) is 0 Å². The lowest BCUT2D eigenvalue weighted by molar-refractivity contribution is -0.277. The van der Waals surface area contributed by atoms with Crippen LogP contribution in [0.2, 0.25) is 0 Å². The Hall–Kier alpha value is -1.38. The van der Waals surface area contributed by atoms with Gasteiger partial charge in [-0.25, -0.2) is 0 Å². The highest BCUT2D eigenvalue weighted by molar-refractivity contribution is 7.78. The van der Waals surface area contributed by atoms with Gasteiger partial charge in [0.15, 0.2) is 0 Å². The molecule has 1 aromatic carbocycles. The maximum absolute atomic E-state index is 9.84. The highest BCUT2D eigenvalue weighted by Gasteiger charge is 2.44. The number of aliphatic hydroxyl groups excluding tert-OH is 4. The number of isothiocyanates is 1. The standard InChI is InChI=1S/C13H15NO6S/c15-5-9-10(16)11(17)12(18)13(20-9)19-8-3-1-7(2-4-8)14-6-21/h1-4,9-13,15-18H,5H2/t9-,10-,11+,12+,13?/m1/s1. The maximum Gasteiger partial charge on any atom is 0.229 e. The third-order valence-corrected chi connectivity index (χ3v) is 3.20. The number of hydrogen-bond acceptors (Lipinski definition) is 8. The molecule has 1 saturated heterocycles. The summed E-state index contributed by atoms with van der Waals surface area (Å²) in [6.45, 7) is -0.507. The van der Waals surface area contributed by atoms with Crippen molar-refractivity contribution in [2.24, 2.45) is 4.99 Å². The minimum absolute atomic E-state index is 0.364. The molecule has 1 aliphatic rings. The molecule has 0 aromatic heterocycles. The summed E-state index contributed by atoms with van der Waals surface area (Å²) in [7, 11) is 0. The van der Waals surface area contributed by atoms with Crippen molar-refractivity contribution in [3.63, 3.8) is 0 Å². The Bertz CT molecular complexity index is 516. The first-order valence-electron chi connectivity index (χ1n) is 6.22. The Kier molecular flexibility index (Phi) is 5.38. The largest absolute Gasteiger partial charge is 0.462 e. The lowest BCUT2D eigenvalue weighted by Gasteiger charge is -2.39. The topological polar surface area (TPSA) is 112 Å². The van der Waals surface area contributed by atoms with Crippen molar-refractivity contribution in [3.05, 3.63) is 24.3 Å². The summed E-state index contributed by atoms with van der Waals surface area (Å²) in [5, 5.41) is 40.5. The summed E-state index contributed by atoms with van der Waals surface area (Å²) in [5.41, 5.74) is 0.589. The van der Waals surface area contributed by atoms with E-state index < -0.39 is 37.3 Å². The molecule has 1 fully saturated rings. The number of rotatable bonds is 4. The van der Waals surface area contributed by atoms with Crippen molar-refractivity contribution in [2.45, 2.75) is 30.7 Å². The monoisotopic (exact) mass is 313 g/mol. The van der Waals surface area contributed by atoms with Gasteiger partial charge in [0.1, 0.15) is 30.2 Å². The molecule has 21 heavy (non-hydrogen) atoms. The molecule has 8 heteroatoms. The first-order valence-corrected chi connectivity index (χ1v) is 6.62. The lowest BCUT2D eigenvalue weighted by Crippen LogP contribution is -2.60. The first kappa shape index (κ1) is 16.0. The molecule has 1 unspecified atom stereocenters. The second-order valence-electron chi connectivity index (χ2n) is 4.51. The van der Waals surface area contributed by atoms with Gasteiger partial charge in [0.05, 0.1) is 17.5 Å². The summed E-state index contributed by atoms with van der Waals surface area (Å²) < 4.78 is 10.6. The fraction of sp³-hybridized carbons (Fsp3) is 0.462. The van der Waals surface area contributed by atoms with Crippen molar-refractivity contribution >= 4 is 23.1 Å². The average molecular weight is 313 g/mol. The normalized spacial score (nSPS) is 32.3. The van der Waals surface area contributed by atoms with Gasteiger partial charge >= 0.3 is 0 Å². The van der Waals surface area contributed by atoms with E-state index in [0.717, 1.165) is 0 Å². The van der Waals surface area contributed by atoms with Gasteiger partial charge in [-0.2, -0.15) is 4.99 Å². The third-order valence-electron chi connectivity index (χ3n) is 3.11. The Balaban J connectivity index is 2.08. The van der Waals surface area contributed by atoms with Gasteiger partial charge in [-0.05, 0) is 36.5 Å². The fourth-order valence-corrected chi connectivity index (χ4v) is 2.06. The molecule has 5 atom stereocenters. The number of benzene rings is 1. The Morgan fingerprint density at radius 2 is 1.81 bits per heavy atom. The molecule has 4 N–H and O–H groups in total. The van der Waals surface area contributed by atoms with E-state index in [9.17, 15) is 15.3 Å². The van der Waals surface area contributed by atoms with Crippen LogP contribution in [-0.4, -0.2) is 62.9 Å². The molecule has 0 saturated carbocycles. The molecule has 0 bridgehead atoms. The number of thiocarbonyl (C=S) groups is 1. The average Bonchev–Trinajstić information content (AvgIpc) is 2.50. The summed E-state index contributed by atoms with van der Waals surface area (Å²) in [4.78, 5) is 3.78. The molecule has 0 aliphatic carbocycles. The van der Waals surface area contributed by atoms with Gasteiger partial charge in [0, 0.05) is 0 Å². The predicted molar refractivity (Wildman–Crippen MR) is 75.5 cm³/mol. The smallest absolute Gasteiger partial charge is 0.229 e. The summed E-state index contributed by atoms with van der Waals surface area (Å²) in [6.07, 6.45) is -6.54. The van der Waals surface area contributed by atoms with E-state index in [-0.39, 0.29) is 0 Å². The predicted octanol–water partition coefficient (Wildman–Crippen LogP) is -0.400. The van der Waals surface area contributed by atoms with Crippen LogP contribution in [0.5, 0.6) is 5.75 Å².